The number of nitrogens with two attached hydrogens (primary N) is 1. The second-order valence-electron chi connectivity index (χ2n) is 5.88. The Balaban J connectivity index is 1.79. The second kappa shape index (κ2) is 5.54. The third-order valence-corrected chi connectivity index (χ3v) is 4.57. The molecule has 6 nitrogen and oxygen atoms in total. The Morgan fingerprint density at radius 3 is 2.70 bits per heavy atom. The molecule has 20 heavy (non-hydrogen) atoms. The van der Waals surface area contributed by atoms with E-state index < -0.39 is 0 Å². The standard InChI is InChI=1S/C14H24N6/c1-9-13(16-10(2)17-14(9)19-15)18-11-6-8-20-7-4-3-5-12(11)20/h11-12H,3-8,15H2,1-2H3,(H2,16,17,18,19). The highest BCUT2D eigenvalue weighted by atomic mass is 15.3. The quantitative estimate of drug-likeness (QED) is 0.572. The molecule has 2 aliphatic rings. The molecule has 3 heterocycles. The monoisotopic (exact) mass is 276 g/mol. The van der Waals surface area contributed by atoms with Gasteiger partial charge in [0.2, 0.25) is 0 Å². The van der Waals surface area contributed by atoms with Crippen LogP contribution in [-0.4, -0.2) is 40.0 Å². The lowest BCUT2D eigenvalue weighted by molar-refractivity contribution is 0.192. The average molecular weight is 276 g/mol. The molecule has 0 aliphatic carbocycles. The first-order valence-corrected chi connectivity index (χ1v) is 7.51. The third-order valence-electron chi connectivity index (χ3n) is 4.57. The van der Waals surface area contributed by atoms with Gasteiger partial charge in [-0.1, -0.05) is 6.42 Å². The zero-order chi connectivity index (χ0) is 14.1. The van der Waals surface area contributed by atoms with E-state index in [-0.39, 0.29) is 0 Å². The van der Waals surface area contributed by atoms with E-state index in [2.05, 4.69) is 25.6 Å². The Hall–Kier alpha value is -1.40. The van der Waals surface area contributed by atoms with E-state index in [0.717, 1.165) is 17.2 Å². The van der Waals surface area contributed by atoms with Gasteiger partial charge in [0.05, 0.1) is 0 Å². The topological polar surface area (TPSA) is 79.1 Å². The molecule has 1 aromatic heterocycles. The summed E-state index contributed by atoms with van der Waals surface area (Å²) in [4.78, 5) is 11.5. The molecule has 0 saturated carbocycles. The maximum Gasteiger partial charge on any atom is 0.148 e. The molecule has 0 aromatic carbocycles. The van der Waals surface area contributed by atoms with Crippen molar-refractivity contribution in [2.45, 2.75) is 51.6 Å². The van der Waals surface area contributed by atoms with Crippen molar-refractivity contribution in [3.8, 4) is 0 Å². The summed E-state index contributed by atoms with van der Waals surface area (Å²) in [5, 5.41) is 3.64. The smallest absolute Gasteiger partial charge is 0.148 e. The molecular formula is C14H24N6. The van der Waals surface area contributed by atoms with E-state index in [1.165, 1.54) is 38.8 Å². The Morgan fingerprint density at radius 1 is 1.10 bits per heavy atom. The van der Waals surface area contributed by atoms with Crippen LogP contribution in [-0.2, 0) is 0 Å². The molecule has 110 valence electrons. The van der Waals surface area contributed by atoms with E-state index in [9.17, 15) is 0 Å². The number of piperidine rings is 1. The summed E-state index contributed by atoms with van der Waals surface area (Å²) >= 11 is 0. The summed E-state index contributed by atoms with van der Waals surface area (Å²) in [5.41, 5.74) is 3.65. The average Bonchev–Trinajstić information content (AvgIpc) is 2.86. The Kier molecular flexibility index (Phi) is 3.76. The molecule has 2 saturated heterocycles. The number of nitrogens with zero attached hydrogens (tertiary/aromatic N) is 3. The maximum absolute atomic E-state index is 5.53. The number of nitrogens with one attached hydrogen (secondary N) is 2. The van der Waals surface area contributed by atoms with Crippen LogP contribution in [0.5, 0.6) is 0 Å². The van der Waals surface area contributed by atoms with Gasteiger partial charge in [0.25, 0.3) is 0 Å². The van der Waals surface area contributed by atoms with Crippen molar-refractivity contribution in [2.24, 2.45) is 5.84 Å². The number of hydrazine groups is 1. The van der Waals surface area contributed by atoms with Crippen LogP contribution >= 0.6 is 0 Å². The van der Waals surface area contributed by atoms with Crippen molar-refractivity contribution in [1.29, 1.82) is 0 Å². The molecule has 0 radical (unpaired) electrons. The van der Waals surface area contributed by atoms with Gasteiger partial charge in [0.1, 0.15) is 17.5 Å². The SMILES string of the molecule is Cc1nc(NN)c(C)c(NC2CCN3CCCCC23)n1. The fourth-order valence-electron chi connectivity index (χ4n) is 3.50. The highest BCUT2D eigenvalue weighted by Gasteiger charge is 2.35. The van der Waals surface area contributed by atoms with Crippen LogP contribution in [0.3, 0.4) is 0 Å². The highest BCUT2D eigenvalue weighted by molar-refractivity contribution is 5.57. The van der Waals surface area contributed by atoms with Crippen LogP contribution in [0.25, 0.3) is 0 Å². The van der Waals surface area contributed by atoms with Gasteiger partial charge in [-0.05, 0) is 39.7 Å². The molecule has 3 rings (SSSR count). The van der Waals surface area contributed by atoms with Crippen molar-refractivity contribution >= 4 is 11.6 Å². The van der Waals surface area contributed by atoms with Gasteiger partial charge in [0, 0.05) is 24.2 Å². The molecule has 6 heteroatoms. The third kappa shape index (κ3) is 2.45. The van der Waals surface area contributed by atoms with Crippen LogP contribution in [0.4, 0.5) is 11.6 Å². The summed E-state index contributed by atoms with van der Waals surface area (Å²) in [5.74, 6) is 7.89. The first kappa shape index (κ1) is 13.6. The molecule has 1 aromatic rings. The first-order chi connectivity index (χ1) is 9.69. The van der Waals surface area contributed by atoms with E-state index in [1.807, 2.05) is 13.8 Å². The highest BCUT2D eigenvalue weighted by Crippen LogP contribution is 2.30. The van der Waals surface area contributed by atoms with Crippen LogP contribution in [0.15, 0.2) is 0 Å². The Bertz CT molecular complexity index is 489. The molecular weight excluding hydrogens is 252 g/mol. The van der Waals surface area contributed by atoms with Gasteiger partial charge in [-0.2, -0.15) is 0 Å². The predicted octanol–water partition coefficient (Wildman–Crippen LogP) is 1.42. The fraction of sp³-hybridized carbons (Fsp3) is 0.714. The van der Waals surface area contributed by atoms with Crippen molar-refractivity contribution in [3.05, 3.63) is 11.4 Å². The van der Waals surface area contributed by atoms with Gasteiger partial charge in [-0.3, -0.25) is 4.90 Å². The fourth-order valence-corrected chi connectivity index (χ4v) is 3.50. The van der Waals surface area contributed by atoms with Gasteiger partial charge < -0.3 is 10.7 Å². The van der Waals surface area contributed by atoms with Crippen molar-refractivity contribution in [2.75, 3.05) is 23.8 Å². The largest absolute Gasteiger partial charge is 0.365 e. The van der Waals surface area contributed by atoms with Gasteiger partial charge in [-0.15, -0.1) is 0 Å². The lowest BCUT2D eigenvalue weighted by Gasteiger charge is -2.33. The molecule has 0 bridgehead atoms. The summed E-state index contributed by atoms with van der Waals surface area (Å²) in [7, 11) is 0. The van der Waals surface area contributed by atoms with Crippen molar-refractivity contribution in [3.63, 3.8) is 0 Å². The minimum atomic E-state index is 0.494. The molecule has 2 aliphatic heterocycles. The molecule has 2 unspecified atom stereocenters. The van der Waals surface area contributed by atoms with E-state index >= 15 is 0 Å². The van der Waals surface area contributed by atoms with Crippen molar-refractivity contribution < 1.29 is 0 Å². The Labute approximate surface area is 120 Å². The number of nitrogen functional groups attached to an aromatic ring is 1. The molecule has 0 amide bonds. The number of hydrogen-bond donors (Lipinski definition) is 3. The summed E-state index contributed by atoms with van der Waals surface area (Å²) in [6, 6.07) is 1.15. The van der Waals surface area contributed by atoms with Crippen LogP contribution in [0.2, 0.25) is 0 Å². The van der Waals surface area contributed by atoms with E-state index in [4.69, 9.17) is 5.84 Å². The minimum Gasteiger partial charge on any atom is -0.365 e. The van der Waals surface area contributed by atoms with Crippen LogP contribution in [0.1, 0.15) is 37.1 Å². The maximum atomic E-state index is 5.53. The number of anilines is 2. The number of fused-ring (bicyclic) bond motifs is 1. The lowest BCUT2D eigenvalue weighted by atomic mass is 9.99. The summed E-state index contributed by atoms with van der Waals surface area (Å²) in [6.07, 6.45) is 5.17. The number of aryl methyl sites for hydroxylation is 1. The molecule has 0 spiro atoms. The van der Waals surface area contributed by atoms with Crippen LogP contribution in [0, 0.1) is 13.8 Å². The number of aromatic nitrogens is 2. The van der Waals surface area contributed by atoms with Crippen LogP contribution < -0.4 is 16.6 Å². The van der Waals surface area contributed by atoms with Gasteiger partial charge in [-0.25, -0.2) is 15.8 Å². The van der Waals surface area contributed by atoms with E-state index in [0.29, 0.717) is 17.9 Å². The number of rotatable bonds is 3. The minimum absolute atomic E-state index is 0.494. The molecule has 4 N–H and O–H groups in total. The zero-order valence-electron chi connectivity index (χ0n) is 12.3. The van der Waals surface area contributed by atoms with Crippen molar-refractivity contribution in [1.82, 2.24) is 14.9 Å². The molecule has 2 fully saturated rings. The molecule has 2 atom stereocenters. The first-order valence-electron chi connectivity index (χ1n) is 7.51. The summed E-state index contributed by atoms with van der Waals surface area (Å²) in [6.45, 7) is 6.35. The number of hydrogen-bond acceptors (Lipinski definition) is 6. The Morgan fingerprint density at radius 2 is 1.90 bits per heavy atom. The lowest BCUT2D eigenvalue weighted by Crippen LogP contribution is -2.42. The predicted molar refractivity (Wildman–Crippen MR) is 80.6 cm³/mol. The van der Waals surface area contributed by atoms with E-state index in [1.54, 1.807) is 0 Å². The zero-order valence-corrected chi connectivity index (χ0v) is 12.3. The second-order valence-corrected chi connectivity index (χ2v) is 5.88. The van der Waals surface area contributed by atoms with Gasteiger partial charge in [0.15, 0.2) is 0 Å². The normalized spacial score (nSPS) is 26.4. The van der Waals surface area contributed by atoms with Gasteiger partial charge >= 0.3 is 0 Å². The summed E-state index contributed by atoms with van der Waals surface area (Å²) < 4.78 is 0.